The largest absolute Gasteiger partial charge is 0.397 e. The average molecular weight is 264 g/mol. The molecule has 1 aliphatic heterocycles. The summed E-state index contributed by atoms with van der Waals surface area (Å²) in [5.74, 6) is -0.0527. The fourth-order valence-corrected chi connectivity index (χ4v) is 2.64. The number of nitrogen functional groups attached to an aromatic ring is 1. The fourth-order valence-electron chi connectivity index (χ4n) is 2.64. The Labute approximate surface area is 114 Å². The third-order valence-electron chi connectivity index (χ3n) is 3.83. The molecule has 1 aromatic heterocycles. The highest BCUT2D eigenvalue weighted by Crippen LogP contribution is 2.12. The molecular formula is C14H24N4O. The molecule has 2 heterocycles. The minimum Gasteiger partial charge on any atom is -0.397 e. The van der Waals surface area contributed by atoms with Gasteiger partial charge in [-0.1, -0.05) is 6.42 Å². The molecule has 1 atom stereocenters. The normalized spacial score (nSPS) is 18.2. The van der Waals surface area contributed by atoms with E-state index in [0.717, 1.165) is 13.1 Å². The Kier molecular flexibility index (Phi) is 4.47. The number of anilines is 1. The van der Waals surface area contributed by atoms with Gasteiger partial charge in [-0.05, 0) is 38.9 Å². The van der Waals surface area contributed by atoms with Crippen LogP contribution >= 0.6 is 0 Å². The molecule has 5 heteroatoms. The maximum Gasteiger partial charge on any atom is 0.268 e. The Bertz CT molecular complexity index is 435. The number of nitrogens with one attached hydrogen (secondary N) is 1. The van der Waals surface area contributed by atoms with Crippen molar-refractivity contribution in [1.29, 1.82) is 0 Å². The topological polar surface area (TPSA) is 63.3 Å². The Hall–Kier alpha value is -1.49. The molecule has 0 saturated carbocycles. The molecule has 1 unspecified atom stereocenters. The Morgan fingerprint density at radius 1 is 1.42 bits per heavy atom. The lowest BCUT2D eigenvalue weighted by atomic mass is 10.1. The maximum absolute atomic E-state index is 12.1. The third kappa shape index (κ3) is 3.50. The van der Waals surface area contributed by atoms with Crippen molar-refractivity contribution in [2.45, 2.75) is 32.2 Å². The highest BCUT2D eigenvalue weighted by Gasteiger charge is 2.18. The number of amides is 1. The van der Waals surface area contributed by atoms with Crippen molar-refractivity contribution in [3.8, 4) is 0 Å². The summed E-state index contributed by atoms with van der Waals surface area (Å²) in [7, 11) is 1.83. The molecule has 2 rings (SSSR count). The van der Waals surface area contributed by atoms with Gasteiger partial charge in [0, 0.05) is 25.8 Å². The summed E-state index contributed by atoms with van der Waals surface area (Å²) < 4.78 is 1.76. The summed E-state index contributed by atoms with van der Waals surface area (Å²) in [5, 5.41) is 2.99. The number of piperidine rings is 1. The number of nitrogens with zero attached hydrogens (tertiary/aromatic N) is 2. The molecule has 1 aliphatic rings. The van der Waals surface area contributed by atoms with E-state index in [9.17, 15) is 4.79 Å². The van der Waals surface area contributed by atoms with Crippen LogP contribution in [0.3, 0.4) is 0 Å². The second-order valence-corrected chi connectivity index (χ2v) is 5.43. The van der Waals surface area contributed by atoms with Crippen LogP contribution in [0.25, 0.3) is 0 Å². The molecule has 0 radical (unpaired) electrons. The van der Waals surface area contributed by atoms with Gasteiger partial charge in [-0.3, -0.25) is 9.69 Å². The average Bonchev–Trinajstić information content (AvgIpc) is 2.75. The minimum atomic E-state index is -0.0527. The molecule has 1 aromatic rings. The number of hydrogen-bond acceptors (Lipinski definition) is 3. The second-order valence-electron chi connectivity index (χ2n) is 5.43. The molecule has 0 aromatic carbocycles. The lowest BCUT2D eigenvalue weighted by Gasteiger charge is -2.32. The van der Waals surface area contributed by atoms with Gasteiger partial charge in [0.15, 0.2) is 0 Å². The van der Waals surface area contributed by atoms with E-state index in [1.54, 1.807) is 16.8 Å². The van der Waals surface area contributed by atoms with Gasteiger partial charge >= 0.3 is 0 Å². The summed E-state index contributed by atoms with van der Waals surface area (Å²) in [6.07, 6.45) is 5.63. The van der Waals surface area contributed by atoms with Gasteiger partial charge in [0.2, 0.25) is 0 Å². The molecule has 19 heavy (non-hydrogen) atoms. The van der Waals surface area contributed by atoms with E-state index in [0.29, 0.717) is 24.0 Å². The summed E-state index contributed by atoms with van der Waals surface area (Å²) in [4.78, 5) is 14.5. The lowest BCUT2D eigenvalue weighted by molar-refractivity contribution is 0.0922. The minimum absolute atomic E-state index is 0.0527. The molecule has 1 saturated heterocycles. The van der Waals surface area contributed by atoms with Gasteiger partial charge in [-0.2, -0.15) is 0 Å². The first-order chi connectivity index (χ1) is 9.08. The number of hydrogen-bond donors (Lipinski definition) is 2. The van der Waals surface area contributed by atoms with Gasteiger partial charge in [0.25, 0.3) is 5.91 Å². The molecule has 0 bridgehead atoms. The molecule has 3 N–H and O–H groups in total. The third-order valence-corrected chi connectivity index (χ3v) is 3.83. The van der Waals surface area contributed by atoms with Crippen molar-refractivity contribution in [2.75, 3.05) is 25.4 Å². The Morgan fingerprint density at radius 3 is 2.68 bits per heavy atom. The van der Waals surface area contributed by atoms with E-state index < -0.39 is 0 Å². The number of carbonyl (C=O) groups is 1. The van der Waals surface area contributed by atoms with Crippen molar-refractivity contribution < 1.29 is 4.79 Å². The van der Waals surface area contributed by atoms with Gasteiger partial charge in [-0.25, -0.2) is 0 Å². The van der Waals surface area contributed by atoms with E-state index in [4.69, 9.17) is 5.73 Å². The zero-order chi connectivity index (χ0) is 13.8. The predicted octanol–water partition coefficient (Wildman–Crippen LogP) is 1.21. The van der Waals surface area contributed by atoms with Crippen LogP contribution in [0.2, 0.25) is 0 Å². The zero-order valence-corrected chi connectivity index (χ0v) is 11.9. The number of rotatable bonds is 4. The number of aromatic nitrogens is 1. The lowest BCUT2D eigenvalue weighted by Crippen LogP contribution is -2.44. The van der Waals surface area contributed by atoms with Gasteiger partial charge in [0.1, 0.15) is 5.69 Å². The fraction of sp³-hybridized carbons (Fsp3) is 0.643. The van der Waals surface area contributed by atoms with Crippen LogP contribution in [-0.2, 0) is 7.05 Å². The van der Waals surface area contributed by atoms with Crippen LogP contribution in [0.15, 0.2) is 12.3 Å². The van der Waals surface area contributed by atoms with Crippen LogP contribution in [0.4, 0.5) is 5.69 Å². The predicted molar refractivity (Wildman–Crippen MR) is 77.0 cm³/mol. The summed E-state index contributed by atoms with van der Waals surface area (Å²) in [6, 6.07) is 2.10. The number of nitrogens with two attached hydrogens (primary N) is 1. The highest BCUT2D eigenvalue weighted by molar-refractivity contribution is 5.93. The van der Waals surface area contributed by atoms with Crippen LogP contribution in [0.1, 0.15) is 36.7 Å². The van der Waals surface area contributed by atoms with Crippen molar-refractivity contribution in [3.05, 3.63) is 18.0 Å². The molecule has 106 valence electrons. The zero-order valence-electron chi connectivity index (χ0n) is 11.9. The van der Waals surface area contributed by atoms with Crippen LogP contribution < -0.4 is 11.1 Å². The number of likely N-dealkylation sites (tertiary alicyclic amines) is 1. The second kappa shape index (κ2) is 6.10. The maximum atomic E-state index is 12.1. The Balaban J connectivity index is 1.84. The van der Waals surface area contributed by atoms with Gasteiger partial charge in [0.05, 0.1) is 5.69 Å². The number of aryl methyl sites for hydroxylation is 1. The van der Waals surface area contributed by atoms with Gasteiger partial charge in [-0.15, -0.1) is 0 Å². The van der Waals surface area contributed by atoms with E-state index in [1.165, 1.54) is 19.3 Å². The number of carbonyl (C=O) groups excluding carboxylic acids is 1. The van der Waals surface area contributed by atoms with Crippen LogP contribution in [-0.4, -0.2) is 41.1 Å². The molecule has 0 aliphatic carbocycles. The first-order valence-corrected chi connectivity index (χ1v) is 7.02. The van der Waals surface area contributed by atoms with Crippen LogP contribution in [0, 0.1) is 0 Å². The Morgan fingerprint density at radius 2 is 2.11 bits per heavy atom. The van der Waals surface area contributed by atoms with E-state index in [-0.39, 0.29) is 5.91 Å². The van der Waals surface area contributed by atoms with E-state index in [1.807, 2.05) is 7.05 Å². The molecule has 1 amide bonds. The summed E-state index contributed by atoms with van der Waals surface area (Å²) in [6.45, 7) is 5.15. The molecular weight excluding hydrogens is 240 g/mol. The first kappa shape index (κ1) is 13.9. The monoisotopic (exact) mass is 264 g/mol. The SMILES string of the molecule is CC(CNC(=O)c1cc(N)cn1C)N1CCCCC1. The van der Waals surface area contributed by atoms with Crippen molar-refractivity contribution in [1.82, 2.24) is 14.8 Å². The summed E-state index contributed by atoms with van der Waals surface area (Å²) in [5.41, 5.74) is 6.92. The van der Waals surface area contributed by atoms with Crippen molar-refractivity contribution in [3.63, 3.8) is 0 Å². The van der Waals surface area contributed by atoms with E-state index in [2.05, 4.69) is 17.1 Å². The molecule has 1 fully saturated rings. The first-order valence-electron chi connectivity index (χ1n) is 7.02. The summed E-state index contributed by atoms with van der Waals surface area (Å²) >= 11 is 0. The molecule has 0 spiro atoms. The van der Waals surface area contributed by atoms with Crippen molar-refractivity contribution in [2.24, 2.45) is 7.05 Å². The quantitative estimate of drug-likeness (QED) is 0.859. The van der Waals surface area contributed by atoms with E-state index >= 15 is 0 Å². The van der Waals surface area contributed by atoms with Gasteiger partial charge < -0.3 is 15.6 Å². The smallest absolute Gasteiger partial charge is 0.268 e. The molecule has 5 nitrogen and oxygen atoms in total. The standard InChI is InChI=1S/C14H24N4O/c1-11(18-6-4-3-5-7-18)9-16-14(19)13-8-12(15)10-17(13)2/h8,10-11H,3-7,9,15H2,1-2H3,(H,16,19). The van der Waals surface area contributed by atoms with Crippen LogP contribution in [0.5, 0.6) is 0 Å². The highest BCUT2D eigenvalue weighted by atomic mass is 16.1. The van der Waals surface area contributed by atoms with Crippen molar-refractivity contribution >= 4 is 11.6 Å².